The SMILES string of the molecule is C[C@@H]1C[C@@]1(C#N)c1cccc(F)c1. The molecule has 0 N–H and O–H groups in total. The molecule has 0 saturated heterocycles. The molecule has 1 aromatic carbocycles. The van der Waals surface area contributed by atoms with Gasteiger partial charge in [-0.15, -0.1) is 0 Å². The average Bonchev–Trinajstić information content (AvgIpc) is 2.78. The number of benzene rings is 1. The Labute approximate surface area is 76.8 Å². The van der Waals surface area contributed by atoms with E-state index in [1.807, 2.05) is 13.0 Å². The molecule has 1 aromatic rings. The molecular formula is C11H10FN. The van der Waals surface area contributed by atoms with Crippen LogP contribution in [-0.2, 0) is 5.41 Å². The van der Waals surface area contributed by atoms with Crippen LogP contribution >= 0.6 is 0 Å². The summed E-state index contributed by atoms with van der Waals surface area (Å²) in [5.74, 6) is 0.102. The maximum absolute atomic E-state index is 12.9. The average molecular weight is 175 g/mol. The van der Waals surface area contributed by atoms with Gasteiger partial charge in [0.05, 0.1) is 11.5 Å². The van der Waals surface area contributed by atoms with Crippen molar-refractivity contribution < 1.29 is 4.39 Å². The van der Waals surface area contributed by atoms with Gasteiger partial charge >= 0.3 is 0 Å². The van der Waals surface area contributed by atoms with Gasteiger partial charge in [0.25, 0.3) is 0 Å². The zero-order valence-corrected chi connectivity index (χ0v) is 7.42. The summed E-state index contributed by atoms with van der Waals surface area (Å²) in [5, 5.41) is 9.00. The van der Waals surface area contributed by atoms with E-state index in [2.05, 4.69) is 6.07 Å². The molecule has 1 fully saturated rings. The van der Waals surface area contributed by atoms with E-state index < -0.39 is 5.41 Å². The Morgan fingerprint density at radius 1 is 1.62 bits per heavy atom. The molecule has 13 heavy (non-hydrogen) atoms. The Balaban J connectivity index is 2.42. The van der Waals surface area contributed by atoms with E-state index in [-0.39, 0.29) is 5.82 Å². The van der Waals surface area contributed by atoms with Crippen molar-refractivity contribution in [1.82, 2.24) is 0 Å². The van der Waals surface area contributed by atoms with Crippen molar-refractivity contribution in [3.63, 3.8) is 0 Å². The highest BCUT2D eigenvalue weighted by Crippen LogP contribution is 2.53. The van der Waals surface area contributed by atoms with Crippen molar-refractivity contribution in [2.45, 2.75) is 18.8 Å². The van der Waals surface area contributed by atoms with Gasteiger partial charge < -0.3 is 0 Å². The molecule has 1 aliphatic carbocycles. The van der Waals surface area contributed by atoms with Crippen molar-refractivity contribution in [3.05, 3.63) is 35.6 Å². The van der Waals surface area contributed by atoms with E-state index in [0.29, 0.717) is 5.92 Å². The lowest BCUT2D eigenvalue weighted by molar-refractivity contribution is 0.622. The van der Waals surface area contributed by atoms with Gasteiger partial charge in [0.15, 0.2) is 0 Å². The maximum Gasteiger partial charge on any atom is 0.123 e. The van der Waals surface area contributed by atoms with Crippen LogP contribution in [-0.4, -0.2) is 0 Å². The largest absolute Gasteiger partial charge is 0.207 e. The number of nitrogens with zero attached hydrogens (tertiary/aromatic N) is 1. The van der Waals surface area contributed by atoms with E-state index >= 15 is 0 Å². The summed E-state index contributed by atoms with van der Waals surface area (Å²) in [6, 6.07) is 8.64. The van der Waals surface area contributed by atoms with Crippen LogP contribution in [0.15, 0.2) is 24.3 Å². The first-order chi connectivity index (χ1) is 6.19. The molecule has 0 unspecified atom stereocenters. The lowest BCUT2D eigenvalue weighted by Crippen LogP contribution is -2.05. The molecule has 2 heteroatoms. The lowest BCUT2D eigenvalue weighted by atomic mass is 9.95. The monoisotopic (exact) mass is 175 g/mol. The summed E-state index contributed by atoms with van der Waals surface area (Å²) in [6.07, 6.45) is 0.854. The zero-order chi connectivity index (χ0) is 9.47. The summed E-state index contributed by atoms with van der Waals surface area (Å²) in [6.45, 7) is 2.02. The highest BCUT2D eigenvalue weighted by Gasteiger charge is 2.53. The summed E-state index contributed by atoms with van der Waals surface area (Å²) < 4.78 is 12.9. The van der Waals surface area contributed by atoms with E-state index in [1.54, 1.807) is 6.07 Å². The Morgan fingerprint density at radius 3 is 2.77 bits per heavy atom. The third-order valence-corrected chi connectivity index (χ3v) is 2.85. The number of halogens is 1. The van der Waals surface area contributed by atoms with Gasteiger partial charge in [0, 0.05) is 0 Å². The molecule has 2 rings (SSSR count). The fourth-order valence-electron chi connectivity index (χ4n) is 1.81. The molecule has 2 atom stereocenters. The van der Waals surface area contributed by atoms with Gasteiger partial charge in [-0.05, 0) is 30.0 Å². The van der Waals surface area contributed by atoms with Gasteiger partial charge in [0.1, 0.15) is 5.82 Å². The highest BCUT2D eigenvalue weighted by molar-refractivity contribution is 5.40. The van der Waals surface area contributed by atoms with Crippen molar-refractivity contribution in [1.29, 1.82) is 5.26 Å². The van der Waals surface area contributed by atoms with Gasteiger partial charge in [-0.2, -0.15) is 5.26 Å². The molecule has 1 aliphatic rings. The van der Waals surface area contributed by atoms with Crippen LogP contribution in [0.5, 0.6) is 0 Å². The summed E-state index contributed by atoms with van der Waals surface area (Å²) >= 11 is 0. The van der Waals surface area contributed by atoms with E-state index in [1.165, 1.54) is 12.1 Å². The Kier molecular flexibility index (Phi) is 1.63. The normalized spacial score (nSPS) is 31.0. The minimum atomic E-state index is -0.401. The number of nitriles is 1. The molecule has 1 saturated carbocycles. The second kappa shape index (κ2) is 2.56. The Hall–Kier alpha value is -1.36. The molecule has 0 bridgehead atoms. The lowest BCUT2D eigenvalue weighted by Gasteiger charge is -2.06. The molecule has 0 heterocycles. The molecule has 0 aromatic heterocycles. The first-order valence-corrected chi connectivity index (χ1v) is 4.36. The van der Waals surface area contributed by atoms with Crippen molar-refractivity contribution in [2.75, 3.05) is 0 Å². The minimum Gasteiger partial charge on any atom is -0.207 e. The number of hydrogen-bond acceptors (Lipinski definition) is 1. The highest BCUT2D eigenvalue weighted by atomic mass is 19.1. The van der Waals surface area contributed by atoms with Crippen LogP contribution in [0.1, 0.15) is 18.9 Å². The molecule has 66 valence electrons. The predicted molar refractivity (Wildman–Crippen MR) is 47.5 cm³/mol. The summed E-state index contributed by atoms with van der Waals surface area (Å²) in [4.78, 5) is 0. The topological polar surface area (TPSA) is 23.8 Å². The van der Waals surface area contributed by atoms with Crippen molar-refractivity contribution in [3.8, 4) is 6.07 Å². The van der Waals surface area contributed by atoms with E-state index in [4.69, 9.17) is 5.26 Å². The van der Waals surface area contributed by atoms with E-state index in [9.17, 15) is 4.39 Å². The Bertz CT molecular complexity index is 380. The quantitative estimate of drug-likeness (QED) is 0.643. The van der Waals surface area contributed by atoms with Gasteiger partial charge in [-0.25, -0.2) is 4.39 Å². The first kappa shape index (κ1) is 8.25. The molecule has 0 amide bonds. The Morgan fingerprint density at radius 2 is 2.31 bits per heavy atom. The van der Waals surface area contributed by atoms with Crippen LogP contribution < -0.4 is 0 Å². The standard InChI is InChI=1S/C11H10FN/c1-8-6-11(8,7-13)9-3-2-4-10(12)5-9/h2-5,8H,6H2,1H3/t8-,11+/m1/s1. The third-order valence-electron chi connectivity index (χ3n) is 2.85. The molecule has 0 spiro atoms. The predicted octanol–water partition coefficient (Wildman–Crippen LogP) is 2.63. The third kappa shape index (κ3) is 1.12. The number of hydrogen-bond donors (Lipinski definition) is 0. The second-order valence-corrected chi connectivity index (χ2v) is 3.70. The first-order valence-electron chi connectivity index (χ1n) is 4.36. The smallest absolute Gasteiger partial charge is 0.123 e. The zero-order valence-electron chi connectivity index (χ0n) is 7.42. The maximum atomic E-state index is 12.9. The van der Waals surface area contributed by atoms with E-state index in [0.717, 1.165) is 12.0 Å². The molecule has 0 radical (unpaired) electrons. The number of rotatable bonds is 1. The van der Waals surface area contributed by atoms with Crippen LogP contribution in [0.4, 0.5) is 4.39 Å². The molecule has 1 nitrogen and oxygen atoms in total. The second-order valence-electron chi connectivity index (χ2n) is 3.70. The van der Waals surface area contributed by atoms with Gasteiger partial charge in [-0.1, -0.05) is 19.1 Å². The molecule has 0 aliphatic heterocycles. The van der Waals surface area contributed by atoms with Crippen molar-refractivity contribution in [2.24, 2.45) is 5.92 Å². The van der Waals surface area contributed by atoms with Gasteiger partial charge in [0.2, 0.25) is 0 Å². The minimum absolute atomic E-state index is 0.258. The van der Waals surface area contributed by atoms with Crippen molar-refractivity contribution >= 4 is 0 Å². The van der Waals surface area contributed by atoms with Crippen LogP contribution in [0, 0.1) is 23.1 Å². The fraction of sp³-hybridized carbons (Fsp3) is 0.364. The fourth-order valence-corrected chi connectivity index (χ4v) is 1.81. The summed E-state index contributed by atoms with van der Waals surface area (Å²) in [5.41, 5.74) is 0.421. The van der Waals surface area contributed by atoms with Crippen LogP contribution in [0.3, 0.4) is 0 Å². The van der Waals surface area contributed by atoms with Crippen LogP contribution in [0.25, 0.3) is 0 Å². The summed E-state index contributed by atoms with van der Waals surface area (Å²) in [7, 11) is 0. The van der Waals surface area contributed by atoms with Gasteiger partial charge in [-0.3, -0.25) is 0 Å². The molecular weight excluding hydrogens is 165 g/mol. The van der Waals surface area contributed by atoms with Crippen LogP contribution in [0.2, 0.25) is 0 Å².